The molecule has 0 bridgehead atoms. The van der Waals surface area contributed by atoms with Crippen LogP contribution in [0.2, 0.25) is 0 Å². The summed E-state index contributed by atoms with van der Waals surface area (Å²) in [5.41, 5.74) is 0. The van der Waals surface area contributed by atoms with Crippen molar-refractivity contribution < 1.29 is 4.79 Å². The van der Waals surface area contributed by atoms with Gasteiger partial charge in [0.2, 0.25) is 0 Å². The number of rotatable bonds is 3. The van der Waals surface area contributed by atoms with Gasteiger partial charge in [-0.1, -0.05) is 0 Å². The van der Waals surface area contributed by atoms with Gasteiger partial charge in [-0.15, -0.1) is 0 Å². The molecule has 2 aliphatic rings. The predicted octanol–water partition coefficient (Wildman–Crippen LogP) is 0.994. The highest BCUT2D eigenvalue weighted by Crippen LogP contribution is 2.27. The van der Waals surface area contributed by atoms with Crippen molar-refractivity contribution in [1.82, 2.24) is 14.7 Å². The van der Waals surface area contributed by atoms with E-state index in [9.17, 15) is 4.79 Å². The van der Waals surface area contributed by atoms with E-state index < -0.39 is 0 Å². The van der Waals surface area contributed by atoms with Crippen LogP contribution in [0.3, 0.4) is 0 Å². The number of thiol groups is 1. The normalized spacial score (nSPS) is 31.4. The number of urea groups is 1. The van der Waals surface area contributed by atoms with Crippen LogP contribution >= 0.6 is 12.6 Å². The van der Waals surface area contributed by atoms with Crippen LogP contribution in [0.15, 0.2) is 0 Å². The van der Waals surface area contributed by atoms with Gasteiger partial charge in [-0.3, -0.25) is 0 Å². The van der Waals surface area contributed by atoms with Gasteiger partial charge >= 0.3 is 6.03 Å². The second kappa shape index (κ2) is 5.48. The van der Waals surface area contributed by atoms with E-state index in [1.54, 1.807) is 0 Å². The first-order valence-corrected chi connectivity index (χ1v) is 7.08. The SMILES string of the molecule is CN1CCCC(C2CN(CCS)C(=O)N2C)C1. The molecule has 2 amide bonds. The van der Waals surface area contributed by atoms with Crippen molar-refractivity contribution in [1.29, 1.82) is 0 Å². The molecule has 0 aliphatic carbocycles. The third-order valence-corrected chi connectivity index (χ3v) is 4.25. The molecule has 0 saturated carbocycles. The highest BCUT2D eigenvalue weighted by molar-refractivity contribution is 7.80. The Morgan fingerprint density at radius 2 is 2.12 bits per heavy atom. The summed E-state index contributed by atoms with van der Waals surface area (Å²) in [6, 6.07) is 0.572. The molecule has 0 radical (unpaired) electrons. The lowest BCUT2D eigenvalue weighted by Gasteiger charge is -2.35. The maximum atomic E-state index is 12.0. The number of carbonyl (C=O) groups is 1. The molecule has 2 heterocycles. The average Bonchev–Trinajstić information content (AvgIpc) is 2.58. The summed E-state index contributed by atoms with van der Waals surface area (Å²) in [6.45, 7) is 3.97. The Morgan fingerprint density at radius 3 is 2.76 bits per heavy atom. The van der Waals surface area contributed by atoms with Crippen LogP contribution in [0, 0.1) is 5.92 Å². The Bertz CT molecular complexity index is 287. The second-order valence-electron chi connectivity index (χ2n) is 5.30. The van der Waals surface area contributed by atoms with Gasteiger partial charge in [0.15, 0.2) is 0 Å². The minimum absolute atomic E-state index is 0.178. The molecule has 0 aromatic rings. The van der Waals surface area contributed by atoms with E-state index in [2.05, 4.69) is 24.6 Å². The van der Waals surface area contributed by atoms with Crippen molar-refractivity contribution in [3.05, 3.63) is 0 Å². The molecular weight excluding hydrogens is 234 g/mol. The van der Waals surface area contributed by atoms with Crippen LogP contribution < -0.4 is 0 Å². The van der Waals surface area contributed by atoms with Gasteiger partial charge in [-0.2, -0.15) is 12.6 Å². The Kier molecular flexibility index (Phi) is 4.20. The lowest BCUT2D eigenvalue weighted by Crippen LogP contribution is -2.44. The number of amides is 2. The first kappa shape index (κ1) is 13.0. The highest BCUT2D eigenvalue weighted by Gasteiger charge is 2.39. The number of carbonyl (C=O) groups excluding carboxylic acids is 1. The van der Waals surface area contributed by atoms with Crippen LogP contribution in [0.5, 0.6) is 0 Å². The summed E-state index contributed by atoms with van der Waals surface area (Å²) < 4.78 is 0. The zero-order chi connectivity index (χ0) is 12.4. The summed E-state index contributed by atoms with van der Waals surface area (Å²) in [6.07, 6.45) is 2.51. The average molecular weight is 257 g/mol. The molecule has 98 valence electrons. The lowest BCUT2D eigenvalue weighted by molar-refractivity contribution is 0.141. The summed E-state index contributed by atoms with van der Waals surface area (Å²) in [4.78, 5) is 18.3. The van der Waals surface area contributed by atoms with Gasteiger partial charge in [0, 0.05) is 32.4 Å². The molecule has 2 saturated heterocycles. The van der Waals surface area contributed by atoms with Crippen LogP contribution in [-0.2, 0) is 0 Å². The third kappa shape index (κ3) is 2.71. The molecule has 4 nitrogen and oxygen atoms in total. The summed E-state index contributed by atoms with van der Waals surface area (Å²) in [7, 11) is 4.12. The quantitative estimate of drug-likeness (QED) is 0.764. The molecule has 2 aliphatic heterocycles. The number of hydrogen-bond donors (Lipinski definition) is 1. The highest BCUT2D eigenvalue weighted by atomic mass is 32.1. The van der Waals surface area contributed by atoms with Crippen LogP contribution in [0.25, 0.3) is 0 Å². The molecule has 0 aromatic heterocycles. The lowest BCUT2D eigenvalue weighted by atomic mass is 9.90. The molecular formula is C12H23N3OS. The van der Waals surface area contributed by atoms with Crippen molar-refractivity contribution in [2.45, 2.75) is 18.9 Å². The van der Waals surface area contributed by atoms with E-state index in [1.807, 2.05) is 16.8 Å². The van der Waals surface area contributed by atoms with Gasteiger partial charge in [-0.05, 0) is 32.4 Å². The van der Waals surface area contributed by atoms with Crippen molar-refractivity contribution >= 4 is 18.7 Å². The van der Waals surface area contributed by atoms with Gasteiger partial charge in [0.25, 0.3) is 0 Å². The minimum atomic E-state index is 0.178. The van der Waals surface area contributed by atoms with Gasteiger partial charge < -0.3 is 14.7 Å². The van der Waals surface area contributed by atoms with E-state index in [1.165, 1.54) is 19.4 Å². The monoisotopic (exact) mass is 257 g/mol. The molecule has 0 spiro atoms. The molecule has 5 heteroatoms. The third-order valence-electron chi connectivity index (χ3n) is 4.05. The number of likely N-dealkylation sites (tertiary alicyclic amines) is 1. The Labute approximate surface area is 109 Å². The Balaban J connectivity index is 1.99. The molecule has 0 N–H and O–H groups in total. The van der Waals surface area contributed by atoms with Crippen LogP contribution in [0.4, 0.5) is 4.79 Å². The summed E-state index contributed by atoms with van der Waals surface area (Å²) in [5.74, 6) is 1.38. The smallest absolute Gasteiger partial charge is 0.320 e. The number of piperidine rings is 1. The summed E-state index contributed by atoms with van der Waals surface area (Å²) >= 11 is 4.22. The van der Waals surface area contributed by atoms with E-state index in [0.717, 1.165) is 25.4 Å². The van der Waals surface area contributed by atoms with E-state index in [0.29, 0.717) is 12.0 Å². The molecule has 2 atom stereocenters. The van der Waals surface area contributed by atoms with Gasteiger partial charge in [0.05, 0.1) is 6.04 Å². The molecule has 17 heavy (non-hydrogen) atoms. The fraction of sp³-hybridized carbons (Fsp3) is 0.917. The number of likely N-dealkylation sites (N-methyl/N-ethyl adjacent to an activating group) is 1. The zero-order valence-corrected chi connectivity index (χ0v) is 11.7. The first-order valence-electron chi connectivity index (χ1n) is 6.44. The van der Waals surface area contributed by atoms with Gasteiger partial charge in [0.1, 0.15) is 0 Å². The number of hydrogen-bond acceptors (Lipinski definition) is 3. The fourth-order valence-corrected chi connectivity index (χ4v) is 3.33. The predicted molar refractivity (Wildman–Crippen MR) is 72.6 cm³/mol. The van der Waals surface area contributed by atoms with Crippen LogP contribution in [-0.4, -0.2) is 72.8 Å². The topological polar surface area (TPSA) is 26.8 Å². The van der Waals surface area contributed by atoms with E-state index in [-0.39, 0.29) is 6.03 Å². The van der Waals surface area contributed by atoms with Crippen molar-refractivity contribution in [2.75, 3.05) is 46.0 Å². The molecule has 2 fully saturated rings. The first-order chi connectivity index (χ1) is 8.13. The fourth-order valence-electron chi connectivity index (χ4n) is 3.08. The van der Waals surface area contributed by atoms with Crippen LogP contribution in [0.1, 0.15) is 12.8 Å². The van der Waals surface area contributed by atoms with E-state index in [4.69, 9.17) is 0 Å². The van der Waals surface area contributed by atoms with Crippen molar-refractivity contribution in [3.63, 3.8) is 0 Å². The van der Waals surface area contributed by atoms with Crippen molar-refractivity contribution in [3.8, 4) is 0 Å². The van der Waals surface area contributed by atoms with Gasteiger partial charge in [-0.25, -0.2) is 4.79 Å². The largest absolute Gasteiger partial charge is 0.323 e. The maximum absolute atomic E-state index is 12.0. The Hall–Kier alpha value is -0.420. The number of nitrogens with zero attached hydrogens (tertiary/aromatic N) is 3. The molecule has 2 rings (SSSR count). The van der Waals surface area contributed by atoms with E-state index >= 15 is 0 Å². The second-order valence-corrected chi connectivity index (χ2v) is 5.74. The standard InChI is InChI=1S/C12H23N3OS/c1-13-5-3-4-10(8-13)11-9-15(6-7-17)12(16)14(11)2/h10-11,17H,3-9H2,1-2H3. The summed E-state index contributed by atoms with van der Waals surface area (Å²) in [5, 5.41) is 0. The zero-order valence-electron chi connectivity index (χ0n) is 10.8. The van der Waals surface area contributed by atoms with Crippen molar-refractivity contribution in [2.24, 2.45) is 5.92 Å². The Morgan fingerprint density at radius 1 is 1.35 bits per heavy atom. The maximum Gasteiger partial charge on any atom is 0.320 e. The minimum Gasteiger partial charge on any atom is -0.323 e. The molecule has 2 unspecified atom stereocenters. The molecule has 0 aromatic carbocycles.